The van der Waals surface area contributed by atoms with Gasteiger partial charge in [-0.3, -0.25) is 14.9 Å². The molecule has 2 aromatic heterocycles. The summed E-state index contributed by atoms with van der Waals surface area (Å²) in [7, 11) is 1.85. The lowest BCUT2D eigenvalue weighted by atomic mass is 9.77. The maximum Gasteiger partial charge on any atom is 0.251 e. The van der Waals surface area contributed by atoms with Crippen LogP contribution in [0.25, 0.3) is 10.9 Å². The fourth-order valence-corrected chi connectivity index (χ4v) is 4.62. The number of halogens is 2. The highest BCUT2D eigenvalue weighted by molar-refractivity contribution is 5.78. The summed E-state index contributed by atoms with van der Waals surface area (Å²) in [5.74, 6) is -3.64. The number of likely N-dealkylation sites (N-methyl/N-ethyl adjacent to an activating group) is 1. The third-order valence-corrected chi connectivity index (χ3v) is 6.75. The van der Waals surface area contributed by atoms with Crippen LogP contribution in [-0.2, 0) is 11.2 Å². The number of H-pyrrole nitrogens is 1. The molecule has 0 radical (unpaired) electrons. The molecule has 2 atom stereocenters. The van der Waals surface area contributed by atoms with Crippen LogP contribution in [0.15, 0.2) is 48.9 Å². The number of aromatic amines is 1. The lowest BCUT2D eigenvalue weighted by molar-refractivity contribution is -0.123. The summed E-state index contributed by atoms with van der Waals surface area (Å²) >= 11 is 0. The Hall–Kier alpha value is -2.87. The Bertz CT molecular complexity index is 1060. The predicted molar refractivity (Wildman–Crippen MR) is 120 cm³/mol. The summed E-state index contributed by atoms with van der Waals surface area (Å²) in [6, 6.07) is 9.63. The number of aromatic nitrogens is 3. The van der Waals surface area contributed by atoms with Gasteiger partial charge < -0.3 is 10.6 Å². The molecule has 32 heavy (non-hydrogen) atoms. The molecule has 1 fully saturated rings. The van der Waals surface area contributed by atoms with E-state index in [1.807, 2.05) is 19.2 Å². The van der Waals surface area contributed by atoms with Gasteiger partial charge in [-0.2, -0.15) is 5.10 Å². The molecule has 1 aliphatic carbocycles. The van der Waals surface area contributed by atoms with Crippen molar-refractivity contribution in [3.8, 4) is 0 Å². The lowest BCUT2D eigenvalue weighted by Gasteiger charge is -2.32. The average molecular weight is 442 g/mol. The van der Waals surface area contributed by atoms with Crippen LogP contribution >= 0.6 is 0 Å². The number of fused-ring (bicyclic) bond motifs is 1. The van der Waals surface area contributed by atoms with Gasteiger partial charge in [-0.15, -0.1) is 0 Å². The fourth-order valence-electron chi connectivity index (χ4n) is 4.62. The topological polar surface area (TPSA) is 82.7 Å². The van der Waals surface area contributed by atoms with Gasteiger partial charge in [0.25, 0.3) is 5.92 Å². The van der Waals surface area contributed by atoms with Crippen molar-refractivity contribution in [3.63, 3.8) is 0 Å². The third kappa shape index (κ3) is 4.65. The Morgan fingerprint density at radius 3 is 2.75 bits per heavy atom. The van der Waals surface area contributed by atoms with Crippen molar-refractivity contribution >= 4 is 16.8 Å². The molecule has 0 spiro atoms. The first-order valence-corrected chi connectivity index (χ1v) is 11.0. The molecule has 0 saturated heterocycles. The number of amides is 1. The van der Waals surface area contributed by atoms with E-state index in [1.54, 1.807) is 30.7 Å². The fraction of sp³-hybridized carbons (Fsp3) is 0.458. The van der Waals surface area contributed by atoms with Crippen LogP contribution in [0.2, 0.25) is 0 Å². The third-order valence-electron chi connectivity index (χ3n) is 6.75. The van der Waals surface area contributed by atoms with E-state index in [2.05, 4.69) is 31.9 Å². The Balaban J connectivity index is 1.40. The maximum atomic E-state index is 14.5. The predicted octanol–water partition coefficient (Wildman–Crippen LogP) is 3.81. The monoisotopic (exact) mass is 441 g/mol. The zero-order valence-corrected chi connectivity index (χ0v) is 18.4. The minimum atomic E-state index is -2.85. The highest BCUT2D eigenvalue weighted by Crippen LogP contribution is 2.65. The second kappa shape index (κ2) is 8.94. The first-order chi connectivity index (χ1) is 15.3. The molecule has 6 nitrogen and oxygen atoms in total. The number of nitrogens with one attached hydrogen (secondary N) is 3. The lowest BCUT2D eigenvalue weighted by Crippen LogP contribution is -2.42. The van der Waals surface area contributed by atoms with Gasteiger partial charge in [0, 0.05) is 48.1 Å². The molecule has 3 aromatic rings. The zero-order chi connectivity index (χ0) is 22.8. The second-order valence-corrected chi connectivity index (χ2v) is 8.87. The number of pyridine rings is 1. The molecule has 8 heteroatoms. The number of rotatable bonds is 10. The minimum absolute atomic E-state index is 0.0163. The van der Waals surface area contributed by atoms with E-state index in [9.17, 15) is 13.6 Å². The Morgan fingerprint density at radius 1 is 1.28 bits per heavy atom. The number of benzene rings is 1. The van der Waals surface area contributed by atoms with Crippen LogP contribution in [0.5, 0.6) is 0 Å². The summed E-state index contributed by atoms with van der Waals surface area (Å²) in [6.45, 7) is 1.38. The zero-order valence-electron chi connectivity index (χ0n) is 18.4. The summed E-state index contributed by atoms with van der Waals surface area (Å²) in [6.07, 6.45) is 6.57. The summed E-state index contributed by atoms with van der Waals surface area (Å²) in [4.78, 5) is 16.9. The number of alkyl halides is 2. The van der Waals surface area contributed by atoms with Crippen LogP contribution in [0, 0.1) is 5.41 Å². The van der Waals surface area contributed by atoms with Crippen LogP contribution in [0.3, 0.4) is 0 Å². The first-order valence-electron chi connectivity index (χ1n) is 11.0. The van der Waals surface area contributed by atoms with Crippen LogP contribution in [0.4, 0.5) is 8.78 Å². The van der Waals surface area contributed by atoms with Crippen molar-refractivity contribution in [2.75, 3.05) is 13.6 Å². The Labute approximate surface area is 186 Å². The summed E-state index contributed by atoms with van der Waals surface area (Å²) in [5.41, 5.74) is 1.63. The summed E-state index contributed by atoms with van der Waals surface area (Å²) in [5, 5.41) is 14.2. The van der Waals surface area contributed by atoms with E-state index in [4.69, 9.17) is 0 Å². The normalized spacial score (nSPS) is 17.1. The van der Waals surface area contributed by atoms with Gasteiger partial charge in [0.2, 0.25) is 5.91 Å². The van der Waals surface area contributed by atoms with Crippen LogP contribution < -0.4 is 10.6 Å². The van der Waals surface area contributed by atoms with E-state index < -0.39 is 17.3 Å². The van der Waals surface area contributed by atoms with Gasteiger partial charge >= 0.3 is 0 Å². The molecule has 1 saturated carbocycles. The van der Waals surface area contributed by atoms with Crippen molar-refractivity contribution in [2.24, 2.45) is 5.41 Å². The highest BCUT2D eigenvalue weighted by atomic mass is 19.3. The number of hydrogen-bond acceptors (Lipinski definition) is 4. The van der Waals surface area contributed by atoms with E-state index in [1.165, 1.54) is 0 Å². The van der Waals surface area contributed by atoms with E-state index in [0.717, 1.165) is 29.8 Å². The largest absolute Gasteiger partial charge is 0.355 e. The van der Waals surface area contributed by atoms with Crippen molar-refractivity contribution in [2.45, 2.75) is 50.5 Å². The standard InChI is InChI=1S/C24H29F2N5O/c1-23(25,26)24(7-8-24)20(17-4-3-9-28-13-17)12-22(32)29-15-19(27-2)11-16-5-6-21-18(10-16)14-30-31-21/h3-6,9-10,13-14,19-20,27H,7-8,11-12,15H2,1-2H3,(H,29,32)(H,30,31)/t19-,20-/m0/s1. The molecule has 1 aromatic carbocycles. The van der Waals surface area contributed by atoms with Gasteiger partial charge in [-0.1, -0.05) is 12.1 Å². The Morgan fingerprint density at radius 2 is 2.09 bits per heavy atom. The Kier molecular flexibility index (Phi) is 6.24. The number of carbonyl (C=O) groups is 1. The van der Waals surface area contributed by atoms with Crippen LogP contribution in [-0.4, -0.2) is 46.6 Å². The molecule has 3 N–H and O–H groups in total. The molecule has 2 heterocycles. The van der Waals surface area contributed by atoms with Gasteiger partial charge in [0.05, 0.1) is 11.7 Å². The molecule has 0 unspecified atom stereocenters. The van der Waals surface area contributed by atoms with Crippen molar-refractivity contribution < 1.29 is 13.6 Å². The van der Waals surface area contributed by atoms with E-state index in [0.29, 0.717) is 24.9 Å². The number of hydrogen-bond donors (Lipinski definition) is 3. The van der Waals surface area contributed by atoms with Crippen molar-refractivity contribution in [1.29, 1.82) is 0 Å². The van der Waals surface area contributed by atoms with Gasteiger partial charge in [0.1, 0.15) is 0 Å². The SMILES string of the molecule is CN[C@H](CNC(=O)C[C@@H](c1cccnc1)C1(C(C)(F)F)CC1)Cc1ccc2[nH]ncc2c1. The minimum Gasteiger partial charge on any atom is -0.355 e. The van der Waals surface area contributed by atoms with Gasteiger partial charge in [-0.25, -0.2) is 8.78 Å². The molecule has 0 aliphatic heterocycles. The summed E-state index contributed by atoms with van der Waals surface area (Å²) < 4.78 is 29.0. The van der Waals surface area contributed by atoms with E-state index >= 15 is 0 Å². The molecule has 1 aliphatic rings. The second-order valence-electron chi connectivity index (χ2n) is 8.87. The van der Waals surface area contributed by atoms with Gasteiger partial charge in [-0.05, 0) is 62.6 Å². The average Bonchev–Trinajstić information content (AvgIpc) is 3.47. The maximum absolute atomic E-state index is 14.5. The van der Waals surface area contributed by atoms with E-state index in [-0.39, 0.29) is 18.4 Å². The molecule has 0 bridgehead atoms. The first kappa shape index (κ1) is 22.3. The quantitative estimate of drug-likeness (QED) is 0.447. The molecular weight excluding hydrogens is 412 g/mol. The van der Waals surface area contributed by atoms with Crippen molar-refractivity contribution in [1.82, 2.24) is 25.8 Å². The molecule has 4 rings (SSSR count). The van der Waals surface area contributed by atoms with Crippen molar-refractivity contribution in [3.05, 3.63) is 60.0 Å². The molecular formula is C24H29F2N5O. The van der Waals surface area contributed by atoms with Gasteiger partial charge in [0.15, 0.2) is 0 Å². The smallest absolute Gasteiger partial charge is 0.251 e. The molecule has 170 valence electrons. The number of carbonyl (C=O) groups excluding carboxylic acids is 1. The molecule has 1 amide bonds. The van der Waals surface area contributed by atoms with Crippen LogP contribution in [0.1, 0.15) is 43.2 Å². The highest BCUT2D eigenvalue weighted by Gasteiger charge is 2.63. The number of nitrogens with zero attached hydrogens (tertiary/aromatic N) is 2.